The van der Waals surface area contributed by atoms with Gasteiger partial charge in [-0.25, -0.2) is 0 Å². The van der Waals surface area contributed by atoms with Crippen molar-refractivity contribution in [3.63, 3.8) is 0 Å². The molecule has 0 fully saturated rings. The molecular weight excluding hydrogens is 304 g/mol. The zero-order chi connectivity index (χ0) is 18.2. The standard InChI is InChI=1S/C24H42O/c1-3-5-7-8-9-10-11-12-13-14-16-22(15-6-4-2)21-23-17-19-24(25)20-18-23/h17-20,22,25H,3-16,21H2,1-2H3. The Bertz CT molecular complexity index is 395. The Morgan fingerprint density at radius 1 is 0.640 bits per heavy atom. The van der Waals surface area contributed by atoms with E-state index >= 15 is 0 Å². The number of hydrogen-bond acceptors (Lipinski definition) is 1. The van der Waals surface area contributed by atoms with Crippen LogP contribution in [0.4, 0.5) is 0 Å². The molecule has 1 aromatic rings. The summed E-state index contributed by atoms with van der Waals surface area (Å²) in [5, 5.41) is 9.44. The van der Waals surface area contributed by atoms with Gasteiger partial charge in [-0.1, -0.05) is 116 Å². The molecule has 1 heteroatoms. The third kappa shape index (κ3) is 12.1. The fourth-order valence-electron chi connectivity index (χ4n) is 3.73. The van der Waals surface area contributed by atoms with Crippen molar-refractivity contribution in [2.45, 2.75) is 110 Å². The topological polar surface area (TPSA) is 20.2 Å². The molecule has 0 saturated heterocycles. The molecule has 1 unspecified atom stereocenters. The molecule has 1 rings (SSSR count). The summed E-state index contributed by atoms with van der Waals surface area (Å²) < 4.78 is 0. The Morgan fingerprint density at radius 2 is 1.12 bits per heavy atom. The van der Waals surface area contributed by atoms with Crippen LogP contribution in [-0.2, 0) is 6.42 Å². The number of aromatic hydroxyl groups is 1. The van der Waals surface area contributed by atoms with E-state index in [0.29, 0.717) is 5.75 Å². The Hall–Kier alpha value is -0.980. The number of benzene rings is 1. The maximum atomic E-state index is 9.44. The average Bonchev–Trinajstić information content (AvgIpc) is 2.62. The van der Waals surface area contributed by atoms with Gasteiger partial charge in [0.1, 0.15) is 5.75 Å². The second-order valence-electron chi connectivity index (χ2n) is 7.85. The lowest BCUT2D eigenvalue weighted by Gasteiger charge is -2.17. The summed E-state index contributed by atoms with van der Waals surface area (Å²) in [6, 6.07) is 7.83. The number of phenols is 1. The van der Waals surface area contributed by atoms with Crippen LogP contribution < -0.4 is 0 Å². The SMILES string of the molecule is CCCCCCCCCCCCC(CCCC)Cc1ccc(O)cc1. The van der Waals surface area contributed by atoms with Gasteiger partial charge in [-0.3, -0.25) is 0 Å². The Morgan fingerprint density at radius 3 is 1.68 bits per heavy atom. The van der Waals surface area contributed by atoms with Crippen molar-refractivity contribution in [3.8, 4) is 5.75 Å². The van der Waals surface area contributed by atoms with E-state index in [1.54, 1.807) is 0 Å². The van der Waals surface area contributed by atoms with Crippen molar-refractivity contribution < 1.29 is 5.11 Å². The van der Waals surface area contributed by atoms with Gasteiger partial charge in [-0.2, -0.15) is 0 Å². The fraction of sp³-hybridized carbons (Fsp3) is 0.750. The van der Waals surface area contributed by atoms with Crippen molar-refractivity contribution >= 4 is 0 Å². The van der Waals surface area contributed by atoms with Crippen molar-refractivity contribution in [2.24, 2.45) is 5.92 Å². The molecule has 0 aliphatic rings. The first kappa shape index (κ1) is 22.1. The van der Waals surface area contributed by atoms with Gasteiger partial charge in [-0.05, 0) is 30.0 Å². The van der Waals surface area contributed by atoms with Gasteiger partial charge in [-0.15, -0.1) is 0 Å². The molecule has 0 saturated carbocycles. The molecule has 25 heavy (non-hydrogen) atoms. The first-order chi connectivity index (χ1) is 12.3. The van der Waals surface area contributed by atoms with Crippen LogP contribution >= 0.6 is 0 Å². The summed E-state index contributed by atoms with van der Waals surface area (Å²) >= 11 is 0. The Kier molecular flexibility index (Phi) is 13.5. The molecular formula is C24H42O. The number of rotatable bonds is 16. The molecule has 0 bridgehead atoms. The zero-order valence-corrected chi connectivity index (χ0v) is 16.9. The second-order valence-corrected chi connectivity index (χ2v) is 7.85. The minimum Gasteiger partial charge on any atom is -0.508 e. The van der Waals surface area contributed by atoms with Gasteiger partial charge in [0.15, 0.2) is 0 Å². The van der Waals surface area contributed by atoms with Gasteiger partial charge >= 0.3 is 0 Å². The molecule has 144 valence electrons. The van der Waals surface area contributed by atoms with Gasteiger partial charge < -0.3 is 5.11 Å². The third-order valence-electron chi connectivity index (χ3n) is 5.39. The van der Waals surface area contributed by atoms with Crippen LogP contribution in [0.25, 0.3) is 0 Å². The van der Waals surface area contributed by atoms with Gasteiger partial charge in [0.05, 0.1) is 0 Å². The molecule has 0 amide bonds. The van der Waals surface area contributed by atoms with Crippen LogP contribution in [0.3, 0.4) is 0 Å². The molecule has 1 nitrogen and oxygen atoms in total. The Labute approximate surface area is 157 Å². The summed E-state index contributed by atoms with van der Waals surface area (Å²) in [5.41, 5.74) is 1.38. The van der Waals surface area contributed by atoms with Crippen LogP contribution in [0, 0.1) is 5.92 Å². The first-order valence-corrected chi connectivity index (χ1v) is 11.0. The van der Waals surface area contributed by atoms with Crippen LogP contribution in [0.2, 0.25) is 0 Å². The van der Waals surface area contributed by atoms with E-state index in [-0.39, 0.29) is 0 Å². The molecule has 0 spiro atoms. The highest BCUT2D eigenvalue weighted by atomic mass is 16.3. The van der Waals surface area contributed by atoms with E-state index in [1.165, 1.54) is 102 Å². The molecule has 0 radical (unpaired) electrons. The molecule has 1 atom stereocenters. The van der Waals surface area contributed by atoms with Crippen molar-refractivity contribution in [1.29, 1.82) is 0 Å². The molecule has 1 aromatic carbocycles. The van der Waals surface area contributed by atoms with Crippen LogP contribution in [0.1, 0.15) is 109 Å². The quantitative estimate of drug-likeness (QED) is 0.300. The molecule has 0 heterocycles. The zero-order valence-electron chi connectivity index (χ0n) is 16.9. The number of phenolic OH excluding ortho intramolecular Hbond substituents is 1. The average molecular weight is 347 g/mol. The summed E-state index contributed by atoms with van der Waals surface area (Å²) in [4.78, 5) is 0. The van der Waals surface area contributed by atoms with Crippen LogP contribution in [0.5, 0.6) is 5.75 Å². The predicted octanol–water partition coefficient (Wildman–Crippen LogP) is 8.05. The van der Waals surface area contributed by atoms with Crippen molar-refractivity contribution in [1.82, 2.24) is 0 Å². The Balaban J connectivity index is 2.13. The maximum absolute atomic E-state index is 9.44. The summed E-state index contributed by atoms with van der Waals surface area (Å²) in [7, 11) is 0. The highest BCUT2D eigenvalue weighted by molar-refractivity contribution is 5.26. The summed E-state index contributed by atoms with van der Waals surface area (Å²) in [6.45, 7) is 4.58. The molecule has 0 aliphatic heterocycles. The van der Waals surface area contributed by atoms with E-state index in [9.17, 15) is 5.11 Å². The third-order valence-corrected chi connectivity index (χ3v) is 5.39. The highest BCUT2D eigenvalue weighted by Crippen LogP contribution is 2.23. The minimum absolute atomic E-state index is 0.378. The fourth-order valence-corrected chi connectivity index (χ4v) is 3.73. The van der Waals surface area contributed by atoms with E-state index < -0.39 is 0 Å². The molecule has 0 aliphatic carbocycles. The number of unbranched alkanes of at least 4 members (excludes halogenated alkanes) is 10. The van der Waals surface area contributed by atoms with E-state index in [1.807, 2.05) is 12.1 Å². The highest BCUT2D eigenvalue weighted by Gasteiger charge is 2.09. The predicted molar refractivity (Wildman–Crippen MR) is 111 cm³/mol. The van der Waals surface area contributed by atoms with E-state index in [2.05, 4.69) is 26.0 Å². The van der Waals surface area contributed by atoms with Crippen LogP contribution in [-0.4, -0.2) is 5.11 Å². The van der Waals surface area contributed by atoms with Crippen LogP contribution in [0.15, 0.2) is 24.3 Å². The monoisotopic (exact) mass is 346 g/mol. The van der Waals surface area contributed by atoms with E-state index in [4.69, 9.17) is 0 Å². The van der Waals surface area contributed by atoms with Crippen molar-refractivity contribution in [3.05, 3.63) is 29.8 Å². The number of hydrogen-bond donors (Lipinski definition) is 1. The lowest BCUT2D eigenvalue weighted by molar-refractivity contribution is 0.407. The van der Waals surface area contributed by atoms with Crippen molar-refractivity contribution in [2.75, 3.05) is 0 Å². The minimum atomic E-state index is 0.378. The second kappa shape index (κ2) is 15.3. The van der Waals surface area contributed by atoms with Gasteiger partial charge in [0.2, 0.25) is 0 Å². The normalized spacial score (nSPS) is 12.4. The maximum Gasteiger partial charge on any atom is 0.115 e. The summed E-state index contributed by atoms with van der Waals surface area (Å²) in [6.07, 6.45) is 20.7. The lowest BCUT2D eigenvalue weighted by atomic mass is 9.89. The smallest absolute Gasteiger partial charge is 0.115 e. The summed E-state index contributed by atoms with van der Waals surface area (Å²) in [5.74, 6) is 1.20. The first-order valence-electron chi connectivity index (χ1n) is 11.0. The lowest BCUT2D eigenvalue weighted by Crippen LogP contribution is -2.05. The molecule has 1 N–H and O–H groups in total. The largest absolute Gasteiger partial charge is 0.508 e. The van der Waals surface area contributed by atoms with E-state index in [0.717, 1.165) is 5.92 Å². The van der Waals surface area contributed by atoms with Gasteiger partial charge in [0, 0.05) is 0 Å². The van der Waals surface area contributed by atoms with Gasteiger partial charge in [0.25, 0.3) is 0 Å². The molecule has 0 aromatic heterocycles.